The summed E-state index contributed by atoms with van der Waals surface area (Å²) in [6.45, 7) is 1.52. The number of ether oxygens (including phenoxy) is 1. The minimum atomic E-state index is -3.79. The molecular formula is C17H16Cl4N2O3S. The van der Waals surface area contributed by atoms with E-state index in [0.29, 0.717) is 23.1 Å². The number of halogens is 4. The first-order valence-corrected chi connectivity index (χ1v) is 10.9. The Bertz CT molecular complexity index is 961. The summed E-state index contributed by atoms with van der Waals surface area (Å²) in [6.07, 6.45) is 0. The van der Waals surface area contributed by atoms with Crippen LogP contribution in [0.3, 0.4) is 0 Å². The third-order valence-corrected chi connectivity index (χ3v) is 7.59. The lowest BCUT2D eigenvalue weighted by Gasteiger charge is -2.36. The molecule has 1 heterocycles. The number of hydrogen-bond acceptors (Lipinski definition) is 4. The number of piperazine rings is 1. The number of sulfonamides is 1. The first-order valence-electron chi connectivity index (χ1n) is 7.98. The van der Waals surface area contributed by atoms with Crippen LogP contribution in [0, 0.1) is 0 Å². The molecule has 0 spiro atoms. The summed E-state index contributed by atoms with van der Waals surface area (Å²) in [5.74, 6) is 0.0458. The molecule has 27 heavy (non-hydrogen) atoms. The van der Waals surface area contributed by atoms with Gasteiger partial charge in [-0.1, -0.05) is 46.4 Å². The second-order valence-corrected chi connectivity index (χ2v) is 9.41. The van der Waals surface area contributed by atoms with E-state index in [9.17, 15) is 8.42 Å². The normalized spacial score (nSPS) is 15.8. The average molecular weight is 470 g/mol. The fourth-order valence-corrected chi connectivity index (χ4v) is 5.38. The summed E-state index contributed by atoms with van der Waals surface area (Å²) in [4.78, 5) is 2.00. The first-order chi connectivity index (χ1) is 12.8. The van der Waals surface area contributed by atoms with Crippen molar-refractivity contribution in [3.8, 4) is 5.75 Å². The molecule has 0 N–H and O–H groups in total. The Morgan fingerprint density at radius 2 is 1.56 bits per heavy atom. The van der Waals surface area contributed by atoms with Gasteiger partial charge in [-0.05, 0) is 30.3 Å². The fourth-order valence-electron chi connectivity index (χ4n) is 2.94. The topological polar surface area (TPSA) is 49.9 Å². The lowest BCUT2D eigenvalue weighted by atomic mass is 10.2. The number of benzene rings is 2. The quantitative estimate of drug-likeness (QED) is 0.644. The van der Waals surface area contributed by atoms with Gasteiger partial charge in [0, 0.05) is 31.2 Å². The summed E-state index contributed by atoms with van der Waals surface area (Å²) < 4.78 is 32.7. The van der Waals surface area contributed by atoms with Gasteiger partial charge in [0.05, 0.1) is 22.8 Å². The third-order valence-electron chi connectivity index (χ3n) is 4.32. The lowest BCUT2D eigenvalue weighted by molar-refractivity contribution is 0.374. The van der Waals surface area contributed by atoms with Crippen LogP contribution >= 0.6 is 46.4 Å². The van der Waals surface area contributed by atoms with Gasteiger partial charge in [-0.3, -0.25) is 0 Å². The van der Waals surface area contributed by atoms with Crippen molar-refractivity contribution in [2.24, 2.45) is 0 Å². The molecule has 1 fully saturated rings. The van der Waals surface area contributed by atoms with Crippen LogP contribution in [0.1, 0.15) is 0 Å². The standard InChI is InChI=1S/C17H16Cl4N2O3S/c1-26-17-15(5-4-13(20)16(17)21)27(24,25)23-8-6-22(7-9-23)14-10-11(18)2-3-12(14)19/h2-5,10H,6-9H2,1H3. The van der Waals surface area contributed by atoms with Crippen molar-refractivity contribution in [1.29, 1.82) is 0 Å². The summed E-state index contributed by atoms with van der Waals surface area (Å²) >= 11 is 24.4. The van der Waals surface area contributed by atoms with E-state index in [1.807, 2.05) is 4.90 Å². The van der Waals surface area contributed by atoms with Gasteiger partial charge in [0.2, 0.25) is 10.0 Å². The largest absolute Gasteiger partial charge is 0.494 e. The SMILES string of the molecule is COc1c(S(=O)(=O)N2CCN(c3cc(Cl)ccc3Cl)CC2)ccc(Cl)c1Cl. The molecule has 0 aromatic heterocycles. The van der Waals surface area contributed by atoms with Crippen molar-refractivity contribution in [2.75, 3.05) is 38.2 Å². The Kier molecular flexibility index (Phi) is 6.35. The zero-order valence-corrected chi connectivity index (χ0v) is 18.1. The average Bonchev–Trinajstić information content (AvgIpc) is 2.65. The molecule has 1 saturated heterocycles. The highest BCUT2D eigenvalue weighted by atomic mass is 35.5. The van der Waals surface area contributed by atoms with Crippen molar-refractivity contribution >= 4 is 62.1 Å². The van der Waals surface area contributed by atoms with Crippen LogP contribution in [-0.4, -0.2) is 46.0 Å². The minimum Gasteiger partial charge on any atom is -0.494 e. The number of nitrogens with zero attached hydrogens (tertiary/aromatic N) is 2. The highest BCUT2D eigenvalue weighted by molar-refractivity contribution is 7.89. The zero-order chi connectivity index (χ0) is 19.8. The van der Waals surface area contributed by atoms with E-state index in [2.05, 4.69) is 0 Å². The lowest BCUT2D eigenvalue weighted by Crippen LogP contribution is -2.48. The molecule has 0 bridgehead atoms. The third kappa shape index (κ3) is 4.11. The maximum Gasteiger partial charge on any atom is 0.246 e. The van der Waals surface area contributed by atoms with E-state index in [1.165, 1.54) is 23.5 Å². The van der Waals surface area contributed by atoms with E-state index in [4.69, 9.17) is 51.1 Å². The van der Waals surface area contributed by atoms with E-state index in [1.54, 1.807) is 18.2 Å². The molecule has 0 aliphatic carbocycles. The molecular weight excluding hydrogens is 454 g/mol. The molecule has 1 aliphatic rings. The predicted molar refractivity (Wildman–Crippen MR) is 110 cm³/mol. The number of anilines is 1. The molecule has 0 unspecified atom stereocenters. The van der Waals surface area contributed by atoms with Crippen LogP contribution in [-0.2, 0) is 10.0 Å². The minimum absolute atomic E-state index is 0.00589. The Morgan fingerprint density at radius 1 is 0.926 bits per heavy atom. The molecule has 1 aliphatic heterocycles. The molecule has 0 saturated carbocycles. The van der Waals surface area contributed by atoms with Gasteiger partial charge in [0.15, 0.2) is 5.75 Å². The molecule has 146 valence electrons. The number of rotatable bonds is 4. The highest BCUT2D eigenvalue weighted by Gasteiger charge is 2.32. The summed E-state index contributed by atoms with van der Waals surface area (Å²) in [5.41, 5.74) is 0.785. The molecule has 0 atom stereocenters. The van der Waals surface area contributed by atoms with Crippen LogP contribution in [0.4, 0.5) is 5.69 Å². The van der Waals surface area contributed by atoms with Crippen LogP contribution < -0.4 is 9.64 Å². The maximum absolute atomic E-state index is 13.1. The van der Waals surface area contributed by atoms with Crippen molar-refractivity contribution in [2.45, 2.75) is 4.90 Å². The molecule has 10 heteroatoms. The first kappa shape index (κ1) is 20.8. The Labute approximate surface area is 178 Å². The molecule has 5 nitrogen and oxygen atoms in total. The van der Waals surface area contributed by atoms with Gasteiger partial charge < -0.3 is 9.64 Å². The van der Waals surface area contributed by atoms with E-state index >= 15 is 0 Å². The molecule has 2 aromatic carbocycles. The van der Waals surface area contributed by atoms with Crippen molar-refractivity contribution < 1.29 is 13.2 Å². The van der Waals surface area contributed by atoms with Crippen molar-refractivity contribution in [3.63, 3.8) is 0 Å². The summed E-state index contributed by atoms with van der Waals surface area (Å²) in [7, 11) is -2.43. The molecule has 0 amide bonds. The van der Waals surface area contributed by atoms with Gasteiger partial charge in [-0.2, -0.15) is 4.31 Å². The maximum atomic E-state index is 13.1. The van der Waals surface area contributed by atoms with Crippen LogP contribution in [0.25, 0.3) is 0 Å². The second kappa shape index (κ2) is 8.23. The number of hydrogen-bond donors (Lipinski definition) is 0. The van der Waals surface area contributed by atoms with Gasteiger partial charge in [-0.25, -0.2) is 8.42 Å². The Balaban J connectivity index is 1.83. The Hall–Kier alpha value is -0.890. The van der Waals surface area contributed by atoms with Crippen molar-refractivity contribution in [3.05, 3.63) is 50.4 Å². The molecule has 0 radical (unpaired) electrons. The van der Waals surface area contributed by atoms with E-state index in [-0.39, 0.29) is 33.8 Å². The van der Waals surface area contributed by atoms with E-state index in [0.717, 1.165) is 5.69 Å². The summed E-state index contributed by atoms with van der Waals surface area (Å²) in [5, 5.41) is 1.45. The Morgan fingerprint density at radius 3 is 2.19 bits per heavy atom. The van der Waals surface area contributed by atoms with Gasteiger partial charge in [0.25, 0.3) is 0 Å². The zero-order valence-electron chi connectivity index (χ0n) is 14.3. The van der Waals surface area contributed by atoms with Crippen LogP contribution in [0.5, 0.6) is 5.75 Å². The molecule has 3 rings (SSSR count). The number of methoxy groups -OCH3 is 1. The van der Waals surface area contributed by atoms with Crippen LogP contribution in [0.2, 0.25) is 20.1 Å². The summed E-state index contributed by atoms with van der Waals surface area (Å²) in [6, 6.07) is 8.06. The van der Waals surface area contributed by atoms with E-state index < -0.39 is 10.0 Å². The highest BCUT2D eigenvalue weighted by Crippen LogP contribution is 2.39. The van der Waals surface area contributed by atoms with Crippen molar-refractivity contribution in [1.82, 2.24) is 4.31 Å². The van der Waals surface area contributed by atoms with Crippen LogP contribution in [0.15, 0.2) is 35.2 Å². The second-order valence-electron chi connectivity index (χ2n) is 5.88. The van der Waals surface area contributed by atoms with Gasteiger partial charge >= 0.3 is 0 Å². The predicted octanol–water partition coefficient (Wildman–Crippen LogP) is 4.82. The van der Waals surface area contributed by atoms with Gasteiger partial charge in [0.1, 0.15) is 9.92 Å². The monoisotopic (exact) mass is 468 g/mol. The fraction of sp³-hybridized carbons (Fsp3) is 0.294. The smallest absolute Gasteiger partial charge is 0.246 e. The molecule has 2 aromatic rings. The van der Waals surface area contributed by atoms with Gasteiger partial charge in [-0.15, -0.1) is 0 Å².